The van der Waals surface area contributed by atoms with Crippen LogP contribution in [0.2, 0.25) is 0 Å². The van der Waals surface area contributed by atoms with Crippen LogP contribution in [0.25, 0.3) is 37.8 Å². The second kappa shape index (κ2) is 16.0. The highest BCUT2D eigenvalue weighted by Gasteiger charge is 2.33. The first kappa shape index (κ1) is 38.4. The van der Waals surface area contributed by atoms with Gasteiger partial charge in [0.2, 0.25) is 5.52 Å². The van der Waals surface area contributed by atoms with Crippen molar-refractivity contribution < 1.29 is 34.9 Å². The Morgan fingerprint density at radius 2 is 1.50 bits per heavy atom. The topological polar surface area (TPSA) is 108 Å². The number of thioether (sulfide) groups is 1. The second-order valence-electron chi connectivity index (χ2n) is 13.0. The summed E-state index contributed by atoms with van der Waals surface area (Å²) in [4.78, 5) is 3.36. The molecule has 4 aromatic carbocycles. The molecule has 0 bridgehead atoms. The number of rotatable bonds is 16. The summed E-state index contributed by atoms with van der Waals surface area (Å²) >= 11 is 3.32. The van der Waals surface area contributed by atoms with Gasteiger partial charge in [-0.05, 0) is 74.2 Å². The zero-order valence-corrected chi connectivity index (χ0v) is 33.3. The van der Waals surface area contributed by atoms with Gasteiger partial charge in [0.1, 0.15) is 24.3 Å². The predicted molar refractivity (Wildman–Crippen MR) is 214 cm³/mol. The number of hydrogen-bond donors (Lipinski definition) is 0. The minimum absolute atomic E-state index is 0.0748. The quantitative estimate of drug-likeness (QED) is 0.0427. The molecule has 0 radical (unpaired) electrons. The third kappa shape index (κ3) is 8.41. The van der Waals surface area contributed by atoms with E-state index in [0.717, 1.165) is 64.4 Å². The standard InChI is InChI=1S/C39H46N3O6S4/c1-5-29(27-36-40(23-13-25-51(43,44)45)38-32-17-11-9-15-30(32)19-21-34(38)49-36)28-37-41(24-14-26-52(46,47)48-42(6-2,7-3)8-4)39-33-18-12-10-16-31(33)20-22-35(39)50-37/h9-12,15-22,27-28H,5-8,13-14,23-26H2,1-4H3/q+1. The molecule has 1 aliphatic heterocycles. The van der Waals surface area contributed by atoms with E-state index in [-0.39, 0.29) is 16.8 Å². The summed E-state index contributed by atoms with van der Waals surface area (Å²) < 4.78 is 70.2. The Morgan fingerprint density at radius 3 is 2.17 bits per heavy atom. The van der Waals surface area contributed by atoms with Gasteiger partial charge >= 0.3 is 10.1 Å². The monoisotopic (exact) mass is 780 g/mol. The number of fused-ring (bicyclic) bond motifs is 6. The van der Waals surface area contributed by atoms with Gasteiger partial charge in [0, 0.05) is 35.1 Å². The zero-order valence-electron chi connectivity index (χ0n) is 30.1. The minimum Gasteiger partial charge on any atom is -0.748 e. The van der Waals surface area contributed by atoms with Crippen LogP contribution < -0.4 is 9.47 Å². The molecule has 0 saturated heterocycles. The molecule has 0 aliphatic carbocycles. The lowest BCUT2D eigenvalue weighted by Crippen LogP contribution is -2.49. The molecule has 1 aliphatic rings. The molecule has 1 aromatic heterocycles. The van der Waals surface area contributed by atoms with Crippen LogP contribution in [0, 0.1) is 0 Å². The van der Waals surface area contributed by atoms with Crippen molar-refractivity contribution in [1.82, 2.24) is 0 Å². The molecule has 0 atom stereocenters. The van der Waals surface area contributed by atoms with E-state index in [1.165, 1.54) is 0 Å². The lowest BCUT2D eigenvalue weighted by Gasteiger charge is -2.31. The van der Waals surface area contributed by atoms with E-state index in [0.29, 0.717) is 39.1 Å². The first-order chi connectivity index (χ1) is 24.9. The van der Waals surface area contributed by atoms with Crippen LogP contribution >= 0.6 is 23.1 Å². The van der Waals surface area contributed by atoms with E-state index in [1.807, 2.05) is 45.0 Å². The zero-order chi connectivity index (χ0) is 37.1. The first-order valence-electron chi connectivity index (χ1n) is 17.9. The maximum Gasteiger partial charge on any atom is 0.314 e. The van der Waals surface area contributed by atoms with Gasteiger partial charge in [-0.3, -0.25) is 0 Å². The Bertz CT molecular complexity index is 2370. The highest BCUT2D eigenvalue weighted by molar-refractivity contribution is 8.03. The van der Waals surface area contributed by atoms with Crippen molar-refractivity contribution >= 4 is 86.9 Å². The van der Waals surface area contributed by atoms with Crippen molar-refractivity contribution in [2.45, 2.75) is 58.4 Å². The summed E-state index contributed by atoms with van der Waals surface area (Å²) in [5.41, 5.74) is 3.17. The molecule has 0 saturated carbocycles. The lowest BCUT2D eigenvalue weighted by atomic mass is 10.1. The van der Waals surface area contributed by atoms with Crippen molar-refractivity contribution in [2.24, 2.45) is 0 Å². The molecule has 0 amide bonds. The second-order valence-corrected chi connectivity index (χ2v) is 18.3. The summed E-state index contributed by atoms with van der Waals surface area (Å²) in [6, 6.07) is 24.9. The molecule has 9 nitrogen and oxygen atoms in total. The number of anilines is 1. The third-order valence-corrected chi connectivity index (χ3v) is 14.1. The van der Waals surface area contributed by atoms with Crippen molar-refractivity contribution in [3.8, 4) is 0 Å². The Balaban J connectivity index is 1.38. The number of quaternary nitrogens is 1. The van der Waals surface area contributed by atoms with E-state index in [2.05, 4.69) is 77.1 Å². The van der Waals surface area contributed by atoms with Gasteiger partial charge in [-0.25, -0.2) is 8.42 Å². The molecule has 2 heterocycles. The molecule has 6 rings (SSSR count). The SMILES string of the molecule is CCC(/C=C1\Sc2ccc3ccccc3c2N1CCCS(=O)(=O)O[N+](CC)(CC)CC)=C\c1sc2ccc3ccccc3c2[n+]1CCCS(=O)(=O)[O-]. The first-order valence-corrected chi connectivity index (χ1v) is 22.7. The van der Waals surface area contributed by atoms with Crippen LogP contribution in [-0.2, 0) is 31.1 Å². The molecule has 0 spiro atoms. The average molecular weight is 781 g/mol. The Labute approximate surface area is 315 Å². The number of nitrogens with zero attached hydrogens (tertiary/aromatic N) is 3. The Hall–Kier alpha value is -3.30. The smallest absolute Gasteiger partial charge is 0.314 e. The molecule has 276 valence electrons. The summed E-state index contributed by atoms with van der Waals surface area (Å²) in [6.07, 6.45) is 5.67. The number of thiazole rings is 1. The van der Waals surface area contributed by atoms with Crippen molar-refractivity contribution in [2.75, 3.05) is 42.6 Å². The Kier molecular flexibility index (Phi) is 11.8. The van der Waals surface area contributed by atoms with Gasteiger partial charge in [0.15, 0.2) is 6.54 Å². The van der Waals surface area contributed by atoms with Gasteiger partial charge in [0.05, 0.1) is 32.0 Å². The largest absolute Gasteiger partial charge is 0.748 e. The fourth-order valence-corrected chi connectivity index (χ4v) is 11.1. The summed E-state index contributed by atoms with van der Waals surface area (Å²) in [7, 11) is -8.12. The van der Waals surface area contributed by atoms with Crippen LogP contribution in [0.5, 0.6) is 0 Å². The van der Waals surface area contributed by atoms with Gasteiger partial charge in [-0.1, -0.05) is 88.9 Å². The summed E-state index contributed by atoms with van der Waals surface area (Å²) in [5, 5.41) is 6.36. The average Bonchev–Trinajstić information content (AvgIpc) is 3.67. The van der Waals surface area contributed by atoms with Gasteiger partial charge in [0.25, 0.3) is 5.01 Å². The molecule has 5 aromatic rings. The van der Waals surface area contributed by atoms with Crippen LogP contribution in [-0.4, -0.2) is 63.7 Å². The van der Waals surface area contributed by atoms with E-state index in [1.54, 1.807) is 23.1 Å². The van der Waals surface area contributed by atoms with E-state index in [4.69, 9.17) is 4.28 Å². The summed E-state index contributed by atoms with van der Waals surface area (Å²) in [6.45, 7) is 10.5. The van der Waals surface area contributed by atoms with Crippen molar-refractivity contribution in [3.05, 3.63) is 94.5 Å². The van der Waals surface area contributed by atoms with Crippen LogP contribution in [0.15, 0.2) is 94.4 Å². The predicted octanol–water partition coefficient (Wildman–Crippen LogP) is 8.21. The fraction of sp³-hybridized carbons (Fsp3) is 0.359. The minimum atomic E-state index is -4.35. The van der Waals surface area contributed by atoms with Crippen molar-refractivity contribution in [1.29, 1.82) is 0 Å². The maximum atomic E-state index is 13.2. The van der Waals surface area contributed by atoms with E-state index >= 15 is 0 Å². The molecule has 0 fully saturated rings. The van der Waals surface area contributed by atoms with Gasteiger partial charge in [-0.15, -0.1) is 0 Å². The number of hydrogen-bond acceptors (Lipinski definition) is 9. The van der Waals surface area contributed by atoms with Gasteiger partial charge < -0.3 is 9.45 Å². The normalized spacial score (nSPS) is 15.1. The Morgan fingerprint density at radius 1 is 0.846 bits per heavy atom. The molecular weight excluding hydrogens is 735 g/mol. The van der Waals surface area contributed by atoms with Crippen molar-refractivity contribution in [3.63, 3.8) is 0 Å². The maximum absolute atomic E-state index is 13.2. The molecule has 52 heavy (non-hydrogen) atoms. The molecular formula is C39H46N3O6S4+. The number of aryl methyl sites for hydroxylation is 1. The third-order valence-electron chi connectivity index (χ3n) is 9.81. The molecule has 0 N–H and O–H groups in total. The number of allylic oxidation sites excluding steroid dienone is 2. The highest BCUT2D eigenvalue weighted by Crippen LogP contribution is 2.50. The number of aromatic nitrogens is 1. The lowest BCUT2D eigenvalue weighted by molar-refractivity contribution is -1.08. The van der Waals surface area contributed by atoms with E-state index in [9.17, 15) is 21.4 Å². The number of benzene rings is 4. The summed E-state index contributed by atoms with van der Waals surface area (Å²) in [5.74, 6) is -0.517. The number of hydroxylamine groups is 3. The fourth-order valence-electron chi connectivity index (χ4n) is 6.88. The van der Waals surface area contributed by atoms with Gasteiger partial charge in [-0.2, -0.15) is 17.6 Å². The van der Waals surface area contributed by atoms with E-state index < -0.39 is 26.0 Å². The highest BCUT2D eigenvalue weighted by atomic mass is 32.2. The van der Waals surface area contributed by atoms with Crippen LogP contribution in [0.3, 0.4) is 0 Å². The molecule has 0 unspecified atom stereocenters. The van der Waals surface area contributed by atoms with Crippen LogP contribution in [0.4, 0.5) is 5.69 Å². The van der Waals surface area contributed by atoms with Crippen LogP contribution in [0.1, 0.15) is 52.0 Å². The molecule has 13 heteroatoms.